The summed E-state index contributed by atoms with van der Waals surface area (Å²) >= 11 is 12.2. The highest BCUT2D eigenvalue weighted by Gasteiger charge is 2.41. The van der Waals surface area contributed by atoms with Gasteiger partial charge in [0, 0.05) is 34.2 Å². The van der Waals surface area contributed by atoms with Gasteiger partial charge in [0.25, 0.3) is 0 Å². The molecule has 2 aromatic carbocycles. The fourth-order valence-electron chi connectivity index (χ4n) is 3.90. The van der Waals surface area contributed by atoms with Crippen LogP contribution in [-0.2, 0) is 12.0 Å². The van der Waals surface area contributed by atoms with Crippen molar-refractivity contribution in [3.8, 4) is 0 Å². The molecule has 0 unspecified atom stereocenters. The molecule has 0 aliphatic carbocycles. The molecule has 0 atom stereocenters. The number of hydrogen-bond acceptors (Lipinski definition) is 2. The minimum atomic E-state index is 0.261. The largest absolute Gasteiger partial charge is 0.384 e. The van der Waals surface area contributed by atoms with Crippen LogP contribution in [0.1, 0.15) is 24.0 Å². The molecule has 0 aromatic heterocycles. The first kappa shape index (κ1) is 15.3. The minimum absolute atomic E-state index is 0.261. The maximum atomic E-state index is 6.23. The molecule has 0 amide bonds. The molecule has 23 heavy (non-hydrogen) atoms. The molecule has 4 heteroatoms. The Balaban J connectivity index is 1.46. The lowest BCUT2D eigenvalue weighted by Gasteiger charge is -2.39. The van der Waals surface area contributed by atoms with Crippen molar-refractivity contribution < 1.29 is 0 Å². The second kappa shape index (κ2) is 6.01. The molecule has 2 nitrogen and oxygen atoms in total. The molecular formula is C19H20Cl2N2. The van der Waals surface area contributed by atoms with E-state index in [4.69, 9.17) is 23.2 Å². The van der Waals surface area contributed by atoms with Gasteiger partial charge in [0.1, 0.15) is 0 Å². The molecule has 2 aliphatic heterocycles. The van der Waals surface area contributed by atoms with Crippen molar-refractivity contribution in [2.45, 2.75) is 24.8 Å². The Morgan fingerprint density at radius 1 is 0.957 bits per heavy atom. The Morgan fingerprint density at radius 2 is 1.65 bits per heavy atom. The molecule has 1 N–H and O–H groups in total. The summed E-state index contributed by atoms with van der Waals surface area (Å²) in [7, 11) is 0. The van der Waals surface area contributed by atoms with E-state index < -0.39 is 0 Å². The highest BCUT2D eigenvalue weighted by atomic mass is 35.5. The van der Waals surface area contributed by atoms with Gasteiger partial charge in [-0.25, -0.2) is 0 Å². The molecule has 1 fully saturated rings. The van der Waals surface area contributed by atoms with Crippen LogP contribution in [-0.4, -0.2) is 24.5 Å². The van der Waals surface area contributed by atoms with Gasteiger partial charge < -0.3 is 5.32 Å². The monoisotopic (exact) mass is 346 g/mol. The van der Waals surface area contributed by atoms with E-state index in [2.05, 4.69) is 34.5 Å². The summed E-state index contributed by atoms with van der Waals surface area (Å²) in [6, 6.07) is 14.4. The standard InChI is InChI=1S/C19H20Cl2N2/c20-15-3-1-14(2-4-15)12-23-9-7-19(8-10-23)13-22-18-6-5-16(21)11-17(18)19/h1-6,11,22H,7-10,12-13H2. The van der Waals surface area contributed by atoms with Crippen LogP contribution in [0.2, 0.25) is 10.0 Å². The Hall–Kier alpha value is -1.22. The fourth-order valence-corrected chi connectivity index (χ4v) is 4.20. The smallest absolute Gasteiger partial charge is 0.0410 e. The quantitative estimate of drug-likeness (QED) is 0.827. The van der Waals surface area contributed by atoms with Crippen LogP contribution in [0, 0.1) is 0 Å². The normalized spacial score (nSPS) is 19.6. The molecule has 1 spiro atoms. The summed E-state index contributed by atoms with van der Waals surface area (Å²) < 4.78 is 0. The summed E-state index contributed by atoms with van der Waals surface area (Å²) in [5, 5.41) is 5.21. The maximum Gasteiger partial charge on any atom is 0.0410 e. The van der Waals surface area contributed by atoms with Crippen molar-refractivity contribution in [2.24, 2.45) is 0 Å². The summed E-state index contributed by atoms with van der Waals surface area (Å²) in [6.07, 6.45) is 2.36. The topological polar surface area (TPSA) is 15.3 Å². The zero-order valence-corrected chi connectivity index (χ0v) is 14.5. The van der Waals surface area contributed by atoms with Crippen molar-refractivity contribution in [1.29, 1.82) is 0 Å². The molecule has 0 saturated carbocycles. The number of likely N-dealkylation sites (tertiary alicyclic amines) is 1. The summed E-state index contributed by atoms with van der Waals surface area (Å²) in [5.74, 6) is 0. The van der Waals surface area contributed by atoms with Crippen molar-refractivity contribution in [1.82, 2.24) is 4.90 Å². The molecule has 0 bridgehead atoms. The summed E-state index contributed by atoms with van der Waals surface area (Å²) in [6.45, 7) is 4.28. The fraction of sp³-hybridized carbons (Fsp3) is 0.368. The van der Waals surface area contributed by atoms with Crippen LogP contribution in [0.4, 0.5) is 5.69 Å². The van der Waals surface area contributed by atoms with E-state index in [0.717, 1.165) is 36.2 Å². The van der Waals surface area contributed by atoms with E-state index in [1.807, 2.05) is 18.2 Å². The first-order chi connectivity index (χ1) is 11.1. The van der Waals surface area contributed by atoms with E-state index in [0.29, 0.717) is 0 Å². The summed E-state index contributed by atoms with van der Waals surface area (Å²) in [5.41, 5.74) is 4.27. The average molecular weight is 347 g/mol. The molecular weight excluding hydrogens is 327 g/mol. The number of piperidine rings is 1. The van der Waals surface area contributed by atoms with Crippen molar-refractivity contribution in [3.05, 3.63) is 63.6 Å². The average Bonchev–Trinajstić information content (AvgIpc) is 2.90. The van der Waals surface area contributed by atoms with Crippen LogP contribution in [0.25, 0.3) is 0 Å². The van der Waals surface area contributed by atoms with E-state index >= 15 is 0 Å². The van der Waals surface area contributed by atoms with Crippen LogP contribution in [0.5, 0.6) is 0 Å². The number of halogens is 2. The number of anilines is 1. The lowest BCUT2D eigenvalue weighted by molar-refractivity contribution is 0.162. The van der Waals surface area contributed by atoms with Gasteiger partial charge in [-0.1, -0.05) is 35.3 Å². The van der Waals surface area contributed by atoms with Crippen LogP contribution < -0.4 is 5.32 Å². The predicted octanol–water partition coefficient (Wildman–Crippen LogP) is 4.95. The SMILES string of the molecule is Clc1ccc(CN2CCC3(CC2)CNc2ccc(Cl)cc23)cc1. The second-order valence-corrected chi connectivity index (χ2v) is 7.60. The predicted molar refractivity (Wildman–Crippen MR) is 97.6 cm³/mol. The third-order valence-electron chi connectivity index (χ3n) is 5.30. The zero-order chi connectivity index (χ0) is 15.9. The first-order valence-electron chi connectivity index (χ1n) is 8.15. The van der Waals surface area contributed by atoms with Crippen LogP contribution in [0.3, 0.4) is 0 Å². The molecule has 2 heterocycles. The molecule has 0 radical (unpaired) electrons. The highest BCUT2D eigenvalue weighted by Crippen LogP contribution is 2.45. The third kappa shape index (κ3) is 2.96. The number of nitrogens with zero attached hydrogens (tertiary/aromatic N) is 1. The summed E-state index contributed by atoms with van der Waals surface area (Å²) in [4.78, 5) is 2.54. The Bertz CT molecular complexity index is 704. The Labute approximate surface area is 147 Å². The van der Waals surface area contributed by atoms with E-state index in [-0.39, 0.29) is 5.41 Å². The highest BCUT2D eigenvalue weighted by molar-refractivity contribution is 6.31. The number of rotatable bonds is 2. The van der Waals surface area contributed by atoms with Crippen LogP contribution in [0.15, 0.2) is 42.5 Å². The second-order valence-electron chi connectivity index (χ2n) is 6.73. The van der Waals surface area contributed by atoms with E-state index in [9.17, 15) is 0 Å². The van der Waals surface area contributed by atoms with Crippen LogP contribution >= 0.6 is 23.2 Å². The first-order valence-corrected chi connectivity index (χ1v) is 8.91. The minimum Gasteiger partial charge on any atom is -0.384 e. The lowest BCUT2D eigenvalue weighted by atomic mass is 9.74. The number of fused-ring (bicyclic) bond motifs is 2. The van der Waals surface area contributed by atoms with E-state index in [1.54, 1.807) is 0 Å². The van der Waals surface area contributed by atoms with Gasteiger partial charge >= 0.3 is 0 Å². The van der Waals surface area contributed by atoms with Crippen molar-refractivity contribution >= 4 is 28.9 Å². The number of hydrogen-bond donors (Lipinski definition) is 1. The molecule has 4 rings (SSSR count). The molecule has 1 saturated heterocycles. The van der Waals surface area contributed by atoms with Gasteiger partial charge in [0.15, 0.2) is 0 Å². The lowest BCUT2D eigenvalue weighted by Crippen LogP contribution is -2.43. The van der Waals surface area contributed by atoms with Gasteiger partial charge in [0.2, 0.25) is 0 Å². The number of nitrogens with one attached hydrogen (secondary N) is 1. The molecule has 2 aromatic rings. The molecule has 2 aliphatic rings. The van der Waals surface area contributed by atoms with Gasteiger partial charge in [-0.05, 0) is 67.4 Å². The molecule has 120 valence electrons. The van der Waals surface area contributed by atoms with Gasteiger partial charge in [0.05, 0.1) is 0 Å². The van der Waals surface area contributed by atoms with Crippen molar-refractivity contribution in [3.63, 3.8) is 0 Å². The van der Waals surface area contributed by atoms with Gasteiger partial charge in [-0.3, -0.25) is 4.90 Å². The van der Waals surface area contributed by atoms with E-state index in [1.165, 1.54) is 29.7 Å². The third-order valence-corrected chi connectivity index (χ3v) is 5.79. The maximum absolute atomic E-state index is 6.23. The van der Waals surface area contributed by atoms with Crippen molar-refractivity contribution in [2.75, 3.05) is 25.0 Å². The van der Waals surface area contributed by atoms with Gasteiger partial charge in [-0.2, -0.15) is 0 Å². The van der Waals surface area contributed by atoms with Gasteiger partial charge in [-0.15, -0.1) is 0 Å². The zero-order valence-electron chi connectivity index (χ0n) is 13.0. The Kier molecular flexibility index (Phi) is 4.00. The number of benzene rings is 2. The Morgan fingerprint density at radius 3 is 2.39 bits per heavy atom.